The van der Waals surface area contributed by atoms with E-state index in [0.717, 1.165) is 50.9 Å². The molecule has 5 rings (SSSR count). The van der Waals surface area contributed by atoms with Crippen molar-refractivity contribution in [1.82, 2.24) is 15.6 Å². The number of carbonyl (C=O) groups excluding carboxylic acids is 1. The number of ether oxygens (including phenoxy) is 1. The summed E-state index contributed by atoms with van der Waals surface area (Å²) in [6.07, 6.45) is 1.25. The Morgan fingerprint density at radius 3 is 2.86 bits per heavy atom. The summed E-state index contributed by atoms with van der Waals surface area (Å²) < 4.78 is 19.9. The summed E-state index contributed by atoms with van der Waals surface area (Å²) in [4.78, 5) is 18.9. The van der Waals surface area contributed by atoms with Crippen molar-refractivity contribution >= 4 is 43.8 Å². The van der Waals surface area contributed by atoms with Crippen molar-refractivity contribution in [3.63, 3.8) is 0 Å². The lowest BCUT2D eigenvalue weighted by Crippen LogP contribution is -2.24. The maximum absolute atomic E-state index is 13.9. The number of amides is 1. The van der Waals surface area contributed by atoms with Gasteiger partial charge in [-0.05, 0) is 53.9 Å². The second-order valence-corrected chi connectivity index (χ2v) is 10.7. The van der Waals surface area contributed by atoms with Gasteiger partial charge >= 0.3 is 0 Å². The molecule has 4 aromatic rings. The Kier molecular flexibility index (Phi) is 7.59. The highest BCUT2D eigenvalue weighted by atomic mass is 32.1. The molecule has 0 bridgehead atoms. The van der Waals surface area contributed by atoms with Crippen LogP contribution in [0.3, 0.4) is 0 Å². The maximum Gasteiger partial charge on any atom is 0.226 e. The summed E-state index contributed by atoms with van der Waals surface area (Å²) in [6.45, 7) is 3.56. The summed E-state index contributed by atoms with van der Waals surface area (Å²) >= 11 is 3.20. The molecule has 2 aromatic heterocycles. The number of phenolic OH excluding ortho intramolecular Hbond substituents is 1. The number of nitrogens with one attached hydrogen (secondary N) is 3. The minimum absolute atomic E-state index is 0.0366. The summed E-state index contributed by atoms with van der Waals surface area (Å²) in [6, 6.07) is 10.2. The Morgan fingerprint density at radius 1 is 1.19 bits per heavy atom. The third kappa shape index (κ3) is 5.28. The summed E-state index contributed by atoms with van der Waals surface area (Å²) in [5, 5.41) is 21.0. The fourth-order valence-corrected chi connectivity index (χ4v) is 6.56. The second kappa shape index (κ2) is 11.0. The van der Waals surface area contributed by atoms with Crippen LogP contribution in [0.4, 0.5) is 9.39 Å². The molecule has 1 amide bonds. The number of hydrogen-bond donors (Lipinski definition) is 4. The lowest BCUT2D eigenvalue weighted by atomic mass is 10.0. The van der Waals surface area contributed by atoms with Gasteiger partial charge in [-0.2, -0.15) is 0 Å². The smallest absolute Gasteiger partial charge is 0.226 e. The fourth-order valence-electron chi connectivity index (χ4n) is 4.24. The Labute approximate surface area is 216 Å². The number of aromatic nitrogens is 1. The molecule has 0 saturated heterocycles. The third-order valence-electron chi connectivity index (χ3n) is 6.08. The normalized spacial score (nSPS) is 13.2. The molecule has 2 aromatic carbocycles. The molecule has 1 aliphatic heterocycles. The van der Waals surface area contributed by atoms with E-state index in [-0.39, 0.29) is 11.7 Å². The molecule has 10 heteroatoms. The van der Waals surface area contributed by atoms with Gasteiger partial charge in [0, 0.05) is 43.6 Å². The number of thiophene rings is 1. The van der Waals surface area contributed by atoms with Crippen LogP contribution in [0.15, 0.2) is 36.4 Å². The number of rotatable bonds is 9. The summed E-state index contributed by atoms with van der Waals surface area (Å²) in [5.41, 5.74) is 4.56. The van der Waals surface area contributed by atoms with Gasteiger partial charge in [-0.25, -0.2) is 9.37 Å². The summed E-state index contributed by atoms with van der Waals surface area (Å²) in [7, 11) is 1.65. The van der Waals surface area contributed by atoms with E-state index in [1.54, 1.807) is 35.8 Å². The van der Waals surface area contributed by atoms with Crippen LogP contribution in [0, 0.1) is 5.82 Å². The Balaban J connectivity index is 1.44. The maximum atomic E-state index is 13.9. The van der Waals surface area contributed by atoms with E-state index in [0.29, 0.717) is 31.7 Å². The first-order valence-electron chi connectivity index (χ1n) is 11.8. The van der Waals surface area contributed by atoms with Crippen molar-refractivity contribution < 1.29 is 19.0 Å². The van der Waals surface area contributed by atoms with E-state index in [4.69, 9.17) is 9.72 Å². The number of carbonyl (C=O) groups is 1. The van der Waals surface area contributed by atoms with Crippen LogP contribution in [0.1, 0.15) is 16.9 Å². The number of fused-ring (bicyclic) bond motifs is 2. The van der Waals surface area contributed by atoms with Gasteiger partial charge in [-0.3, -0.25) is 4.79 Å². The number of phenols is 1. The van der Waals surface area contributed by atoms with Crippen LogP contribution < -0.4 is 16.0 Å². The van der Waals surface area contributed by atoms with Crippen LogP contribution in [0.5, 0.6) is 5.75 Å². The molecular formula is C26H27FN4O3S2. The molecule has 0 saturated carbocycles. The van der Waals surface area contributed by atoms with Gasteiger partial charge in [0.25, 0.3) is 0 Å². The number of aromatic hydroxyl groups is 1. The standard InChI is InChI=1S/C26H27FN4O3S2/c1-34-11-10-28-9-7-23(33)31-26-24(17-6-8-29-14-22(17)36-26)25-30-19-13-16(3-5-21(19)35-25)15-2-4-20(32)18(27)12-15/h2-5,12-13,28-29,32H,6-11,14H2,1H3,(H,31,33). The zero-order chi connectivity index (χ0) is 25.1. The number of hydrogen-bond acceptors (Lipinski definition) is 8. The molecule has 0 spiro atoms. The Hall–Kier alpha value is -2.89. The van der Waals surface area contributed by atoms with Crippen LogP contribution in [0.25, 0.3) is 31.9 Å². The summed E-state index contributed by atoms with van der Waals surface area (Å²) in [5.74, 6) is -1.06. The first-order valence-corrected chi connectivity index (χ1v) is 13.4. The third-order valence-corrected chi connectivity index (χ3v) is 8.28. The number of benzene rings is 2. The fraction of sp³-hybridized carbons (Fsp3) is 0.308. The quantitative estimate of drug-likeness (QED) is 0.235. The van der Waals surface area contributed by atoms with Gasteiger partial charge in [-0.1, -0.05) is 12.1 Å². The predicted octanol–water partition coefficient (Wildman–Crippen LogP) is 4.75. The Morgan fingerprint density at radius 2 is 2.03 bits per heavy atom. The number of methoxy groups -OCH3 is 1. The van der Waals surface area contributed by atoms with E-state index >= 15 is 0 Å². The molecule has 0 fully saturated rings. The number of halogens is 1. The number of thiazole rings is 1. The zero-order valence-corrected chi connectivity index (χ0v) is 21.5. The lowest BCUT2D eigenvalue weighted by Gasteiger charge is -2.13. The molecule has 3 heterocycles. The largest absolute Gasteiger partial charge is 0.505 e. The van der Waals surface area contributed by atoms with Crippen molar-refractivity contribution in [2.24, 2.45) is 0 Å². The van der Waals surface area contributed by atoms with E-state index in [1.165, 1.54) is 22.6 Å². The van der Waals surface area contributed by atoms with Gasteiger partial charge in [0.1, 0.15) is 10.0 Å². The highest BCUT2D eigenvalue weighted by molar-refractivity contribution is 7.23. The highest BCUT2D eigenvalue weighted by Crippen LogP contribution is 2.45. The lowest BCUT2D eigenvalue weighted by molar-refractivity contribution is -0.116. The van der Waals surface area contributed by atoms with Crippen molar-refractivity contribution in [3.05, 3.63) is 52.7 Å². The SMILES string of the molecule is COCCNCCC(=O)Nc1sc2c(c1-c1nc3cc(-c4ccc(O)c(F)c4)ccc3s1)CCNC2. The van der Waals surface area contributed by atoms with Crippen LogP contribution in [-0.4, -0.2) is 49.3 Å². The van der Waals surface area contributed by atoms with Crippen molar-refractivity contribution in [1.29, 1.82) is 0 Å². The van der Waals surface area contributed by atoms with Crippen LogP contribution >= 0.6 is 22.7 Å². The molecule has 0 radical (unpaired) electrons. The molecule has 7 nitrogen and oxygen atoms in total. The van der Waals surface area contributed by atoms with Crippen LogP contribution in [0.2, 0.25) is 0 Å². The highest BCUT2D eigenvalue weighted by Gasteiger charge is 2.25. The molecule has 188 valence electrons. The van der Waals surface area contributed by atoms with E-state index < -0.39 is 5.82 Å². The van der Waals surface area contributed by atoms with Gasteiger partial charge in [-0.15, -0.1) is 22.7 Å². The average molecular weight is 527 g/mol. The monoisotopic (exact) mass is 526 g/mol. The second-order valence-electron chi connectivity index (χ2n) is 8.54. The van der Waals surface area contributed by atoms with Gasteiger partial charge in [0.05, 0.1) is 16.8 Å². The van der Waals surface area contributed by atoms with E-state index in [9.17, 15) is 14.3 Å². The molecule has 1 aliphatic rings. The van der Waals surface area contributed by atoms with E-state index in [1.807, 2.05) is 18.2 Å². The molecule has 4 N–H and O–H groups in total. The van der Waals surface area contributed by atoms with Crippen molar-refractivity contribution in [2.75, 3.05) is 38.7 Å². The minimum Gasteiger partial charge on any atom is -0.505 e. The topological polar surface area (TPSA) is 95.5 Å². The molecule has 0 aliphatic carbocycles. The van der Waals surface area contributed by atoms with Gasteiger partial charge in [0.15, 0.2) is 11.6 Å². The molecule has 36 heavy (non-hydrogen) atoms. The molecule has 0 unspecified atom stereocenters. The molecule has 0 atom stereocenters. The average Bonchev–Trinajstić information content (AvgIpc) is 3.45. The van der Waals surface area contributed by atoms with Gasteiger partial charge in [0.2, 0.25) is 5.91 Å². The first kappa shape index (κ1) is 24.8. The van der Waals surface area contributed by atoms with Gasteiger partial charge < -0.3 is 25.8 Å². The number of anilines is 1. The Bertz CT molecular complexity index is 1400. The molecular weight excluding hydrogens is 499 g/mol. The first-order chi connectivity index (χ1) is 17.5. The van der Waals surface area contributed by atoms with Crippen molar-refractivity contribution in [2.45, 2.75) is 19.4 Å². The van der Waals surface area contributed by atoms with Crippen LogP contribution in [-0.2, 0) is 22.5 Å². The number of nitrogens with zero attached hydrogens (tertiary/aromatic N) is 1. The predicted molar refractivity (Wildman–Crippen MR) is 143 cm³/mol. The van der Waals surface area contributed by atoms with E-state index in [2.05, 4.69) is 16.0 Å². The zero-order valence-electron chi connectivity index (χ0n) is 19.8. The minimum atomic E-state index is -0.653. The van der Waals surface area contributed by atoms with Crippen molar-refractivity contribution in [3.8, 4) is 27.4 Å².